The van der Waals surface area contributed by atoms with Crippen LogP contribution in [-0.4, -0.2) is 21.0 Å². The number of nitrogens with one attached hydrogen (secondary N) is 1. The molecule has 3 rings (SSSR count). The zero-order chi connectivity index (χ0) is 15.4. The lowest BCUT2D eigenvalue weighted by atomic mass is 10.0. The van der Waals surface area contributed by atoms with Crippen molar-refractivity contribution in [1.29, 1.82) is 0 Å². The normalized spacial score (nSPS) is 10.1. The van der Waals surface area contributed by atoms with Crippen LogP contribution >= 0.6 is 0 Å². The lowest BCUT2D eigenvalue weighted by Crippen LogP contribution is -1.92. The third-order valence-corrected chi connectivity index (χ3v) is 3.20. The van der Waals surface area contributed by atoms with Gasteiger partial charge in [0.05, 0.1) is 0 Å². The van der Waals surface area contributed by atoms with Gasteiger partial charge in [0.1, 0.15) is 0 Å². The minimum atomic E-state index is 0.0652. The van der Waals surface area contributed by atoms with Gasteiger partial charge in [-0.2, -0.15) is 5.10 Å². The van der Waals surface area contributed by atoms with Crippen LogP contribution in [0.2, 0.25) is 0 Å². The van der Waals surface area contributed by atoms with E-state index in [4.69, 9.17) is 0 Å². The summed E-state index contributed by atoms with van der Waals surface area (Å²) in [6.07, 6.45) is 1.78. The molecular weight excluding hydrogens is 262 g/mol. The van der Waals surface area contributed by atoms with E-state index in [1.807, 2.05) is 51.1 Å². The molecule has 0 aliphatic heterocycles. The molecule has 1 aromatic carbocycles. The molecule has 0 aliphatic carbocycles. The van der Waals surface area contributed by atoms with Crippen molar-refractivity contribution in [2.45, 2.75) is 27.7 Å². The molecule has 108 valence electrons. The fourth-order valence-corrected chi connectivity index (χ4v) is 2.10. The predicted molar refractivity (Wildman–Crippen MR) is 85.4 cm³/mol. The molecule has 0 aliphatic rings. The molecule has 0 fully saturated rings. The van der Waals surface area contributed by atoms with Gasteiger partial charge in [0.2, 0.25) is 0 Å². The Hall–Kier alpha value is -2.49. The zero-order valence-corrected chi connectivity index (χ0v) is 12.8. The fourth-order valence-electron chi connectivity index (χ4n) is 2.10. The molecule has 0 amide bonds. The monoisotopic (exact) mass is 281 g/mol. The first-order chi connectivity index (χ1) is 10.1. The number of hydrogen-bond donors (Lipinski definition) is 1. The Morgan fingerprint density at radius 1 is 1.14 bits per heavy atom. The van der Waals surface area contributed by atoms with Crippen LogP contribution < -0.4 is 0 Å². The summed E-state index contributed by atoms with van der Waals surface area (Å²) in [7, 11) is 0. The Morgan fingerprint density at radius 2 is 1.90 bits per heavy atom. The second kappa shape index (κ2) is 6.31. The molecule has 1 N–H and O–H groups in total. The summed E-state index contributed by atoms with van der Waals surface area (Å²) in [6.45, 7) is 7.54. The van der Waals surface area contributed by atoms with Crippen LogP contribution in [0.4, 0.5) is 0 Å². The van der Waals surface area contributed by atoms with Gasteiger partial charge in [0.25, 0.3) is 0 Å². The Morgan fingerprint density at radius 3 is 2.62 bits per heavy atom. The predicted octanol–water partition coefficient (Wildman–Crippen LogP) is 4.16. The largest absolute Gasteiger partial charge is 0.295 e. The first-order valence-corrected chi connectivity index (χ1v) is 7.07. The lowest BCUT2D eigenvalue weighted by molar-refractivity contribution is 0.101. The van der Waals surface area contributed by atoms with Crippen molar-refractivity contribution in [3.63, 3.8) is 0 Å². The highest BCUT2D eigenvalue weighted by molar-refractivity contribution is 5.95. The standard InChI is InChI=1S/C15H13N3O.C2H6/c1-9-14-7-13(8-16-15(14)18-17-9)12-5-3-4-11(6-12)10(2)19;1-2/h3-8H,1-2H3,(H,16,17,18);1-2H3. The van der Waals surface area contributed by atoms with E-state index >= 15 is 0 Å². The number of Topliss-reactive ketones (excluding diaryl/α,β-unsaturated/α-hetero) is 1. The number of aromatic amines is 1. The molecule has 2 aromatic heterocycles. The number of ketones is 1. The van der Waals surface area contributed by atoms with Crippen molar-refractivity contribution >= 4 is 16.8 Å². The molecule has 21 heavy (non-hydrogen) atoms. The molecule has 0 spiro atoms. The molecule has 4 nitrogen and oxygen atoms in total. The summed E-state index contributed by atoms with van der Waals surface area (Å²) in [5.41, 5.74) is 4.39. The van der Waals surface area contributed by atoms with Gasteiger partial charge in [0.15, 0.2) is 11.4 Å². The van der Waals surface area contributed by atoms with Gasteiger partial charge in [-0.3, -0.25) is 9.89 Å². The van der Waals surface area contributed by atoms with Gasteiger partial charge in [-0.05, 0) is 31.5 Å². The van der Waals surface area contributed by atoms with Gasteiger partial charge < -0.3 is 0 Å². The van der Waals surface area contributed by atoms with E-state index < -0.39 is 0 Å². The van der Waals surface area contributed by atoms with Gasteiger partial charge >= 0.3 is 0 Å². The minimum absolute atomic E-state index is 0.0652. The van der Waals surface area contributed by atoms with Gasteiger partial charge in [0, 0.05) is 28.4 Å². The van der Waals surface area contributed by atoms with Crippen molar-refractivity contribution in [3.05, 3.63) is 47.8 Å². The first-order valence-electron chi connectivity index (χ1n) is 7.07. The van der Waals surface area contributed by atoms with E-state index in [9.17, 15) is 4.79 Å². The van der Waals surface area contributed by atoms with E-state index in [0.29, 0.717) is 11.2 Å². The number of pyridine rings is 1. The molecule has 0 radical (unpaired) electrons. The number of rotatable bonds is 2. The average Bonchev–Trinajstić information content (AvgIpc) is 2.90. The number of carbonyl (C=O) groups excluding carboxylic acids is 1. The van der Waals surface area contributed by atoms with E-state index in [0.717, 1.165) is 22.2 Å². The van der Waals surface area contributed by atoms with Crippen molar-refractivity contribution in [3.8, 4) is 11.1 Å². The molecule has 0 saturated heterocycles. The summed E-state index contributed by atoms with van der Waals surface area (Å²) < 4.78 is 0. The van der Waals surface area contributed by atoms with Gasteiger partial charge in [-0.15, -0.1) is 0 Å². The van der Waals surface area contributed by atoms with Crippen molar-refractivity contribution in [2.24, 2.45) is 0 Å². The van der Waals surface area contributed by atoms with Gasteiger partial charge in [-0.1, -0.05) is 32.0 Å². The van der Waals surface area contributed by atoms with Crippen LogP contribution in [0.1, 0.15) is 36.8 Å². The van der Waals surface area contributed by atoms with Gasteiger partial charge in [-0.25, -0.2) is 4.98 Å². The second-order valence-electron chi connectivity index (χ2n) is 4.58. The Kier molecular flexibility index (Phi) is 4.48. The topological polar surface area (TPSA) is 58.6 Å². The quantitative estimate of drug-likeness (QED) is 0.717. The van der Waals surface area contributed by atoms with Crippen LogP contribution in [0.3, 0.4) is 0 Å². The van der Waals surface area contributed by atoms with E-state index in [1.54, 1.807) is 13.1 Å². The van der Waals surface area contributed by atoms with Crippen LogP contribution in [0.25, 0.3) is 22.2 Å². The van der Waals surface area contributed by atoms with E-state index in [-0.39, 0.29) is 5.78 Å². The third kappa shape index (κ3) is 2.99. The maximum absolute atomic E-state index is 11.4. The number of carbonyl (C=O) groups is 1. The lowest BCUT2D eigenvalue weighted by Gasteiger charge is -2.03. The maximum Gasteiger partial charge on any atom is 0.181 e. The second-order valence-corrected chi connectivity index (χ2v) is 4.58. The van der Waals surface area contributed by atoms with Crippen LogP contribution in [0.15, 0.2) is 36.5 Å². The Balaban J connectivity index is 0.000000774. The molecule has 0 saturated carbocycles. The highest BCUT2D eigenvalue weighted by Crippen LogP contribution is 2.24. The first kappa shape index (κ1) is 14.9. The molecule has 4 heteroatoms. The van der Waals surface area contributed by atoms with Crippen LogP contribution in [-0.2, 0) is 0 Å². The van der Waals surface area contributed by atoms with Crippen LogP contribution in [0.5, 0.6) is 0 Å². The number of fused-ring (bicyclic) bond motifs is 1. The molecule has 3 aromatic rings. The molecule has 2 heterocycles. The zero-order valence-electron chi connectivity index (χ0n) is 12.8. The Labute approximate surface area is 124 Å². The molecule has 0 atom stereocenters. The molecular formula is C17H19N3O. The number of aromatic nitrogens is 3. The van der Waals surface area contributed by atoms with Crippen molar-refractivity contribution in [1.82, 2.24) is 15.2 Å². The van der Waals surface area contributed by atoms with E-state index in [2.05, 4.69) is 15.2 Å². The summed E-state index contributed by atoms with van der Waals surface area (Å²) in [5, 5.41) is 8.03. The number of H-pyrrole nitrogens is 1. The summed E-state index contributed by atoms with van der Waals surface area (Å²) in [5.74, 6) is 0.0652. The number of hydrogen-bond acceptors (Lipinski definition) is 3. The minimum Gasteiger partial charge on any atom is -0.295 e. The summed E-state index contributed by atoms with van der Waals surface area (Å²) in [6, 6.07) is 9.62. The highest BCUT2D eigenvalue weighted by Gasteiger charge is 2.07. The third-order valence-electron chi connectivity index (χ3n) is 3.20. The van der Waals surface area contributed by atoms with Crippen LogP contribution in [0, 0.1) is 6.92 Å². The van der Waals surface area contributed by atoms with Crippen molar-refractivity contribution in [2.75, 3.05) is 0 Å². The maximum atomic E-state index is 11.4. The number of benzene rings is 1. The number of aryl methyl sites for hydroxylation is 1. The average molecular weight is 281 g/mol. The Bertz CT molecular complexity index is 775. The summed E-state index contributed by atoms with van der Waals surface area (Å²) >= 11 is 0. The van der Waals surface area contributed by atoms with Crippen molar-refractivity contribution < 1.29 is 4.79 Å². The summed E-state index contributed by atoms with van der Waals surface area (Å²) in [4.78, 5) is 15.7. The number of nitrogens with zero attached hydrogens (tertiary/aromatic N) is 2. The molecule has 0 unspecified atom stereocenters. The SMILES string of the molecule is CC.CC(=O)c1cccc(-c2cnc3n[nH]c(C)c3c2)c1. The van der Waals surface area contributed by atoms with E-state index in [1.165, 1.54) is 0 Å². The highest BCUT2D eigenvalue weighted by atomic mass is 16.1. The fraction of sp³-hybridized carbons (Fsp3) is 0.235. The smallest absolute Gasteiger partial charge is 0.181 e. The molecule has 0 bridgehead atoms.